The van der Waals surface area contributed by atoms with Gasteiger partial charge in [0, 0.05) is 30.8 Å². The quantitative estimate of drug-likeness (QED) is 0.660. The van der Waals surface area contributed by atoms with E-state index in [-0.39, 0.29) is 24.5 Å². The molecule has 2 amide bonds. The van der Waals surface area contributed by atoms with Crippen molar-refractivity contribution in [2.75, 3.05) is 25.2 Å². The molecule has 0 spiro atoms. The molecule has 1 fully saturated rings. The summed E-state index contributed by atoms with van der Waals surface area (Å²) >= 11 is 3.03. The first-order valence-corrected chi connectivity index (χ1v) is 11.4. The lowest BCUT2D eigenvalue weighted by atomic mass is 9.95. The van der Waals surface area contributed by atoms with Crippen LogP contribution in [0.4, 0.5) is 5.69 Å². The molecule has 2 aromatic heterocycles. The molecule has 154 valence electrons. The maximum absolute atomic E-state index is 12.8. The summed E-state index contributed by atoms with van der Waals surface area (Å²) in [4.78, 5) is 33.4. The van der Waals surface area contributed by atoms with Gasteiger partial charge in [0.05, 0.1) is 11.1 Å². The van der Waals surface area contributed by atoms with Gasteiger partial charge in [0.2, 0.25) is 12.7 Å². The van der Waals surface area contributed by atoms with E-state index in [1.807, 2.05) is 22.4 Å². The van der Waals surface area contributed by atoms with Crippen LogP contribution in [0.3, 0.4) is 0 Å². The van der Waals surface area contributed by atoms with Crippen LogP contribution in [0.25, 0.3) is 9.88 Å². The summed E-state index contributed by atoms with van der Waals surface area (Å²) < 4.78 is 10.6. The van der Waals surface area contributed by atoms with E-state index in [0.717, 1.165) is 9.88 Å². The van der Waals surface area contributed by atoms with Crippen molar-refractivity contribution in [1.82, 2.24) is 9.88 Å². The number of piperidine rings is 1. The van der Waals surface area contributed by atoms with Crippen LogP contribution in [0.2, 0.25) is 0 Å². The van der Waals surface area contributed by atoms with E-state index in [0.29, 0.717) is 48.0 Å². The second kappa shape index (κ2) is 8.08. The summed E-state index contributed by atoms with van der Waals surface area (Å²) in [6.45, 7) is 1.32. The van der Waals surface area contributed by atoms with E-state index in [9.17, 15) is 9.59 Å². The van der Waals surface area contributed by atoms with Crippen LogP contribution in [0, 0.1) is 5.92 Å². The van der Waals surface area contributed by atoms with Crippen molar-refractivity contribution in [2.24, 2.45) is 5.92 Å². The van der Waals surface area contributed by atoms with Crippen LogP contribution < -0.4 is 14.8 Å². The number of carbonyl (C=O) groups is 2. The van der Waals surface area contributed by atoms with Crippen LogP contribution in [-0.4, -0.2) is 41.6 Å². The van der Waals surface area contributed by atoms with E-state index in [2.05, 4.69) is 10.3 Å². The Morgan fingerprint density at radius 2 is 1.97 bits per heavy atom. The summed E-state index contributed by atoms with van der Waals surface area (Å²) in [6, 6.07) is 9.34. The number of thiazole rings is 1. The molecule has 9 heteroatoms. The number of hydrogen-bond donors (Lipinski definition) is 1. The lowest BCUT2D eigenvalue weighted by Crippen LogP contribution is -2.41. The summed E-state index contributed by atoms with van der Waals surface area (Å²) in [5.41, 5.74) is 0.688. The molecular formula is C21H19N3O4S2. The average molecular weight is 442 g/mol. The molecule has 0 radical (unpaired) electrons. The average Bonchev–Trinajstić information content (AvgIpc) is 3.54. The maximum atomic E-state index is 12.8. The minimum Gasteiger partial charge on any atom is -0.454 e. The number of aromatic nitrogens is 1. The van der Waals surface area contributed by atoms with Crippen molar-refractivity contribution in [3.05, 3.63) is 46.8 Å². The van der Waals surface area contributed by atoms with Gasteiger partial charge in [-0.3, -0.25) is 9.59 Å². The van der Waals surface area contributed by atoms with Crippen molar-refractivity contribution in [3.63, 3.8) is 0 Å². The molecule has 7 nitrogen and oxygen atoms in total. The first kappa shape index (κ1) is 19.1. The number of carbonyl (C=O) groups excluding carboxylic acids is 2. The number of anilines is 1. The number of amides is 2. The van der Waals surface area contributed by atoms with Gasteiger partial charge < -0.3 is 19.7 Å². The minimum atomic E-state index is -0.123. The SMILES string of the molecule is O=C(Nc1ccc2c(c1)OCO2)C1CCN(C(=O)c2cnc(-c3cccs3)s2)CC1. The van der Waals surface area contributed by atoms with Gasteiger partial charge in [0.15, 0.2) is 11.5 Å². The molecule has 1 aromatic carbocycles. The summed E-state index contributed by atoms with van der Waals surface area (Å²) in [5.74, 6) is 1.16. The molecule has 0 aliphatic carbocycles. The third-order valence-electron chi connectivity index (χ3n) is 5.24. The normalized spacial score (nSPS) is 15.9. The van der Waals surface area contributed by atoms with Crippen molar-refractivity contribution in [2.45, 2.75) is 12.8 Å². The number of hydrogen-bond acceptors (Lipinski definition) is 7. The number of benzene rings is 1. The third kappa shape index (κ3) is 3.78. The monoisotopic (exact) mass is 441 g/mol. The summed E-state index contributed by atoms with van der Waals surface area (Å²) in [7, 11) is 0. The van der Waals surface area contributed by atoms with Gasteiger partial charge in [0.25, 0.3) is 5.91 Å². The highest BCUT2D eigenvalue weighted by Gasteiger charge is 2.29. The molecule has 5 rings (SSSR count). The van der Waals surface area contributed by atoms with Gasteiger partial charge >= 0.3 is 0 Å². The topological polar surface area (TPSA) is 80.8 Å². The van der Waals surface area contributed by atoms with Crippen LogP contribution in [0.5, 0.6) is 11.5 Å². The Kier molecular flexibility index (Phi) is 5.14. The number of ether oxygens (including phenoxy) is 2. The molecule has 1 saturated heterocycles. The fourth-order valence-corrected chi connectivity index (χ4v) is 5.29. The smallest absolute Gasteiger partial charge is 0.265 e. The second-order valence-electron chi connectivity index (χ2n) is 7.13. The molecule has 0 atom stereocenters. The number of rotatable bonds is 4. The maximum Gasteiger partial charge on any atom is 0.265 e. The highest BCUT2D eigenvalue weighted by molar-refractivity contribution is 7.21. The van der Waals surface area contributed by atoms with Crippen molar-refractivity contribution >= 4 is 40.2 Å². The number of likely N-dealkylation sites (tertiary alicyclic amines) is 1. The Bertz CT molecular complexity index is 1070. The van der Waals surface area contributed by atoms with E-state index in [1.54, 1.807) is 35.7 Å². The second-order valence-corrected chi connectivity index (χ2v) is 9.11. The molecule has 2 aliphatic rings. The molecule has 0 unspecified atom stereocenters. The largest absolute Gasteiger partial charge is 0.454 e. The van der Waals surface area contributed by atoms with Crippen LogP contribution in [0.1, 0.15) is 22.5 Å². The Hall–Kier alpha value is -2.91. The minimum absolute atomic E-state index is 0.00932. The summed E-state index contributed by atoms with van der Waals surface area (Å²) in [6.07, 6.45) is 2.93. The number of thiophene rings is 1. The fourth-order valence-electron chi connectivity index (χ4n) is 3.61. The van der Waals surface area contributed by atoms with Crippen LogP contribution in [0.15, 0.2) is 41.9 Å². The molecule has 2 aliphatic heterocycles. The Morgan fingerprint density at radius 3 is 2.77 bits per heavy atom. The predicted octanol–water partition coefficient (Wildman–Crippen LogP) is 4.09. The van der Waals surface area contributed by atoms with Crippen LogP contribution >= 0.6 is 22.7 Å². The van der Waals surface area contributed by atoms with E-state index < -0.39 is 0 Å². The van der Waals surface area contributed by atoms with Gasteiger partial charge in [-0.05, 0) is 36.4 Å². The lowest BCUT2D eigenvalue weighted by Gasteiger charge is -2.31. The van der Waals surface area contributed by atoms with E-state index in [1.165, 1.54) is 11.3 Å². The number of nitrogens with one attached hydrogen (secondary N) is 1. The zero-order valence-electron chi connectivity index (χ0n) is 16.0. The molecule has 0 bridgehead atoms. The first-order valence-electron chi connectivity index (χ1n) is 9.67. The van der Waals surface area contributed by atoms with Crippen LogP contribution in [-0.2, 0) is 4.79 Å². The van der Waals surface area contributed by atoms with E-state index >= 15 is 0 Å². The Morgan fingerprint density at radius 1 is 1.13 bits per heavy atom. The molecule has 30 heavy (non-hydrogen) atoms. The molecule has 4 heterocycles. The molecule has 1 N–H and O–H groups in total. The first-order chi connectivity index (χ1) is 14.7. The highest BCUT2D eigenvalue weighted by atomic mass is 32.1. The molecular weight excluding hydrogens is 422 g/mol. The van der Waals surface area contributed by atoms with Gasteiger partial charge in [-0.2, -0.15) is 0 Å². The Labute approximate surface area is 181 Å². The predicted molar refractivity (Wildman–Crippen MR) is 115 cm³/mol. The van der Waals surface area contributed by atoms with Crippen molar-refractivity contribution in [3.8, 4) is 21.4 Å². The lowest BCUT2D eigenvalue weighted by molar-refractivity contribution is -0.121. The van der Waals surface area contributed by atoms with E-state index in [4.69, 9.17) is 9.47 Å². The summed E-state index contributed by atoms with van der Waals surface area (Å²) in [5, 5.41) is 5.82. The highest BCUT2D eigenvalue weighted by Crippen LogP contribution is 2.35. The van der Waals surface area contributed by atoms with Crippen molar-refractivity contribution in [1.29, 1.82) is 0 Å². The standard InChI is InChI=1S/C21H19N3O4S2/c25-19(23-14-3-4-15-16(10-14)28-12-27-15)13-5-7-24(8-6-13)21(26)18-11-22-20(30-18)17-2-1-9-29-17/h1-4,9-11,13H,5-8,12H2,(H,23,25). The molecule has 3 aromatic rings. The number of nitrogens with zero attached hydrogens (tertiary/aromatic N) is 2. The van der Waals surface area contributed by atoms with Gasteiger partial charge in [0.1, 0.15) is 9.88 Å². The Balaban J connectivity index is 1.17. The third-order valence-corrected chi connectivity index (χ3v) is 7.27. The van der Waals surface area contributed by atoms with Gasteiger partial charge in [-0.15, -0.1) is 22.7 Å². The van der Waals surface area contributed by atoms with Crippen molar-refractivity contribution < 1.29 is 19.1 Å². The molecule has 0 saturated carbocycles. The number of fused-ring (bicyclic) bond motifs is 1. The zero-order valence-corrected chi connectivity index (χ0v) is 17.6. The fraction of sp³-hybridized carbons (Fsp3) is 0.286. The zero-order chi connectivity index (χ0) is 20.5. The van der Waals surface area contributed by atoms with Gasteiger partial charge in [-0.1, -0.05) is 6.07 Å². The van der Waals surface area contributed by atoms with Gasteiger partial charge in [-0.25, -0.2) is 4.98 Å².